The Balaban J connectivity index is 2.92. The highest BCUT2D eigenvalue weighted by Gasteiger charge is 2.15. The Morgan fingerprint density at radius 3 is 2.74 bits per heavy atom. The number of hydrogen-bond acceptors (Lipinski definition) is 3. The molecule has 0 bridgehead atoms. The Morgan fingerprint density at radius 2 is 2.16 bits per heavy atom. The molecule has 0 heterocycles. The molecule has 0 radical (unpaired) electrons. The molecule has 1 amide bonds. The third-order valence-electron chi connectivity index (χ3n) is 3.45. The van der Waals surface area contributed by atoms with Gasteiger partial charge in [0.1, 0.15) is 5.75 Å². The van der Waals surface area contributed by atoms with Gasteiger partial charge < -0.3 is 15.0 Å². The first-order valence-electron chi connectivity index (χ1n) is 6.61. The van der Waals surface area contributed by atoms with E-state index in [0.29, 0.717) is 12.6 Å². The zero-order valence-electron chi connectivity index (χ0n) is 12.3. The van der Waals surface area contributed by atoms with Crippen molar-refractivity contribution < 1.29 is 9.53 Å². The van der Waals surface area contributed by atoms with Crippen LogP contribution in [-0.4, -0.2) is 39.1 Å². The fourth-order valence-corrected chi connectivity index (χ4v) is 2.14. The van der Waals surface area contributed by atoms with Crippen LogP contribution in [0, 0.1) is 0 Å². The number of rotatable bonds is 8. The van der Waals surface area contributed by atoms with Crippen LogP contribution in [0.1, 0.15) is 30.5 Å². The van der Waals surface area contributed by atoms with E-state index in [-0.39, 0.29) is 0 Å². The highest BCUT2D eigenvalue weighted by Crippen LogP contribution is 2.29. The second-order valence-electron chi connectivity index (χ2n) is 4.84. The summed E-state index contributed by atoms with van der Waals surface area (Å²) in [6, 6.07) is 6.51. The van der Waals surface area contributed by atoms with Gasteiger partial charge in [-0.3, -0.25) is 4.79 Å². The van der Waals surface area contributed by atoms with Crippen molar-refractivity contribution in [3.05, 3.63) is 29.3 Å². The van der Waals surface area contributed by atoms with Crippen LogP contribution in [0.5, 0.6) is 5.75 Å². The van der Waals surface area contributed by atoms with Gasteiger partial charge in [-0.15, -0.1) is 0 Å². The predicted octanol–water partition coefficient (Wildman–Crippen LogP) is 2.00. The fraction of sp³-hybridized carbons (Fsp3) is 0.533. The van der Waals surface area contributed by atoms with Gasteiger partial charge in [0.15, 0.2) is 0 Å². The minimum absolute atomic E-state index is 0.337. The first-order chi connectivity index (χ1) is 9.11. The quantitative estimate of drug-likeness (QED) is 0.577. The summed E-state index contributed by atoms with van der Waals surface area (Å²) in [6.45, 7) is 2.87. The molecule has 19 heavy (non-hydrogen) atoms. The number of carbonyl (C=O) groups excluding carboxylic acids is 1. The number of carbonyl (C=O) groups is 1. The number of amides is 1. The van der Waals surface area contributed by atoms with Crippen molar-refractivity contribution in [3.8, 4) is 5.75 Å². The van der Waals surface area contributed by atoms with Gasteiger partial charge in [0.25, 0.3) is 0 Å². The van der Waals surface area contributed by atoms with E-state index >= 15 is 0 Å². The van der Waals surface area contributed by atoms with Gasteiger partial charge in [-0.1, -0.05) is 12.1 Å². The SMILES string of the molecule is COc1cccc(C(C)N(C)C)c1CCCNC=O. The van der Waals surface area contributed by atoms with Crippen LogP contribution in [0.4, 0.5) is 0 Å². The molecule has 0 aliphatic rings. The summed E-state index contributed by atoms with van der Waals surface area (Å²) in [4.78, 5) is 12.4. The molecule has 1 rings (SSSR count). The van der Waals surface area contributed by atoms with Gasteiger partial charge in [0.2, 0.25) is 6.41 Å². The number of hydrogen-bond donors (Lipinski definition) is 1. The third-order valence-corrected chi connectivity index (χ3v) is 3.45. The van der Waals surface area contributed by atoms with E-state index in [9.17, 15) is 4.79 Å². The Morgan fingerprint density at radius 1 is 1.42 bits per heavy atom. The van der Waals surface area contributed by atoms with Crippen molar-refractivity contribution >= 4 is 6.41 Å². The summed E-state index contributed by atoms with van der Waals surface area (Å²) in [5.74, 6) is 0.928. The molecule has 1 atom stereocenters. The molecule has 0 aromatic heterocycles. The Kier molecular flexibility index (Phi) is 6.36. The Bertz CT molecular complexity index is 405. The molecule has 106 valence electrons. The lowest BCUT2D eigenvalue weighted by atomic mass is 9.96. The van der Waals surface area contributed by atoms with E-state index < -0.39 is 0 Å². The van der Waals surface area contributed by atoms with Gasteiger partial charge in [0.05, 0.1) is 7.11 Å². The topological polar surface area (TPSA) is 41.6 Å². The summed E-state index contributed by atoms with van der Waals surface area (Å²) in [5.41, 5.74) is 2.52. The number of benzene rings is 1. The third kappa shape index (κ3) is 4.24. The van der Waals surface area contributed by atoms with Crippen LogP contribution < -0.4 is 10.1 Å². The lowest BCUT2D eigenvalue weighted by Gasteiger charge is -2.24. The monoisotopic (exact) mass is 264 g/mol. The zero-order chi connectivity index (χ0) is 14.3. The lowest BCUT2D eigenvalue weighted by Crippen LogP contribution is -2.19. The molecule has 0 fully saturated rings. The van der Waals surface area contributed by atoms with Gasteiger partial charge in [-0.05, 0) is 51.1 Å². The average molecular weight is 264 g/mol. The van der Waals surface area contributed by atoms with E-state index in [1.165, 1.54) is 11.1 Å². The van der Waals surface area contributed by atoms with E-state index in [4.69, 9.17) is 4.74 Å². The summed E-state index contributed by atoms with van der Waals surface area (Å²) < 4.78 is 5.46. The molecular weight excluding hydrogens is 240 g/mol. The van der Waals surface area contributed by atoms with Crippen LogP contribution in [0.2, 0.25) is 0 Å². The van der Waals surface area contributed by atoms with Crippen molar-refractivity contribution in [3.63, 3.8) is 0 Å². The second kappa shape index (κ2) is 7.79. The maximum absolute atomic E-state index is 10.3. The fourth-order valence-electron chi connectivity index (χ4n) is 2.14. The van der Waals surface area contributed by atoms with Crippen LogP contribution >= 0.6 is 0 Å². The highest BCUT2D eigenvalue weighted by atomic mass is 16.5. The first kappa shape index (κ1) is 15.5. The van der Waals surface area contributed by atoms with Crippen molar-refractivity contribution in [1.29, 1.82) is 0 Å². The standard InChI is InChI=1S/C15H24N2O2/c1-12(17(2)3)13-7-5-9-15(19-4)14(13)8-6-10-16-11-18/h5,7,9,11-12H,6,8,10H2,1-4H3,(H,16,18). The smallest absolute Gasteiger partial charge is 0.207 e. The predicted molar refractivity (Wildman–Crippen MR) is 77.5 cm³/mol. The molecule has 1 N–H and O–H groups in total. The van der Waals surface area contributed by atoms with Gasteiger partial charge in [-0.25, -0.2) is 0 Å². The summed E-state index contributed by atoms with van der Waals surface area (Å²) in [6.07, 6.45) is 2.55. The van der Waals surface area contributed by atoms with Gasteiger partial charge in [-0.2, -0.15) is 0 Å². The maximum Gasteiger partial charge on any atom is 0.207 e. The van der Waals surface area contributed by atoms with Crippen LogP contribution in [-0.2, 0) is 11.2 Å². The van der Waals surface area contributed by atoms with Crippen molar-refractivity contribution in [2.75, 3.05) is 27.7 Å². The largest absolute Gasteiger partial charge is 0.496 e. The van der Waals surface area contributed by atoms with Crippen LogP contribution in [0.25, 0.3) is 0 Å². The summed E-state index contributed by atoms with van der Waals surface area (Å²) >= 11 is 0. The first-order valence-corrected chi connectivity index (χ1v) is 6.61. The van der Waals surface area contributed by atoms with E-state index in [2.05, 4.69) is 37.3 Å². The highest BCUT2D eigenvalue weighted by molar-refractivity contribution is 5.46. The minimum atomic E-state index is 0.337. The Labute approximate surface area is 115 Å². The molecular formula is C15H24N2O2. The van der Waals surface area contributed by atoms with E-state index in [1.54, 1.807) is 7.11 Å². The molecule has 4 heteroatoms. The molecule has 1 aromatic rings. The van der Waals surface area contributed by atoms with Crippen LogP contribution in [0.3, 0.4) is 0 Å². The van der Waals surface area contributed by atoms with Crippen molar-refractivity contribution in [2.24, 2.45) is 0 Å². The zero-order valence-corrected chi connectivity index (χ0v) is 12.3. The van der Waals surface area contributed by atoms with Gasteiger partial charge in [0, 0.05) is 12.6 Å². The average Bonchev–Trinajstić information content (AvgIpc) is 2.42. The molecule has 0 spiro atoms. The molecule has 1 unspecified atom stereocenters. The molecule has 4 nitrogen and oxygen atoms in total. The number of nitrogens with one attached hydrogen (secondary N) is 1. The normalized spacial score (nSPS) is 12.3. The minimum Gasteiger partial charge on any atom is -0.496 e. The van der Waals surface area contributed by atoms with E-state index in [1.807, 2.05) is 12.1 Å². The molecule has 1 aromatic carbocycles. The maximum atomic E-state index is 10.3. The lowest BCUT2D eigenvalue weighted by molar-refractivity contribution is -0.109. The van der Waals surface area contributed by atoms with E-state index in [0.717, 1.165) is 25.0 Å². The van der Waals surface area contributed by atoms with Gasteiger partial charge >= 0.3 is 0 Å². The second-order valence-corrected chi connectivity index (χ2v) is 4.84. The molecule has 0 saturated carbocycles. The molecule has 0 aliphatic carbocycles. The Hall–Kier alpha value is -1.55. The molecule has 0 saturated heterocycles. The number of nitrogens with zero attached hydrogens (tertiary/aromatic N) is 1. The van der Waals surface area contributed by atoms with Crippen molar-refractivity contribution in [2.45, 2.75) is 25.8 Å². The molecule has 0 aliphatic heterocycles. The number of methoxy groups -OCH3 is 1. The van der Waals surface area contributed by atoms with Crippen molar-refractivity contribution in [1.82, 2.24) is 10.2 Å². The summed E-state index contributed by atoms with van der Waals surface area (Å²) in [7, 11) is 5.84. The van der Waals surface area contributed by atoms with Crippen LogP contribution in [0.15, 0.2) is 18.2 Å². The summed E-state index contributed by atoms with van der Waals surface area (Å²) in [5, 5.41) is 2.70. The number of ether oxygens (including phenoxy) is 1.